The van der Waals surface area contributed by atoms with Crippen LogP contribution in [0, 0.1) is 5.92 Å². The Morgan fingerprint density at radius 3 is 2.31 bits per heavy atom. The molecule has 4 rings (SSSR count). The normalized spacial score (nSPS) is 12.0. The van der Waals surface area contributed by atoms with E-state index in [1.807, 2.05) is 24.3 Å². The van der Waals surface area contributed by atoms with E-state index in [1.54, 1.807) is 24.3 Å². The number of carbonyl (C=O) groups excluding carboxylic acids is 2. The summed E-state index contributed by atoms with van der Waals surface area (Å²) in [7, 11) is 0. The smallest absolute Gasteiger partial charge is 0.260 e. The van der Waals surface area contributed by atoms with Crippen LogP contribution in [0.25, 0.3) is 10.9 Å². The van der Waals surface area contributed by atoms with Crippen molar-refractivity contribution in [3.05, 3.63) is 113 Å². The van der Waals surface area contributed by atoms with Crippen LogP contribution in [0.4, 0.5) is 0 Å². The topological polar surface area (TPSA) is 62.3 Å². The number of pyridine rings is 1. The first-order valence-corrected chi connectivity index (χ1v) is 12.5. The SMILES string of the molecule is CC(C)C(NCCCN(C=O)C(=O)c1ccccc1)c1nc2ccccc2cc1Cc1ccccc1. The number of nitrogens with one attached hydrogen (secondary N) is 1. The molecule has 36 heavy (non-hydrogen) atoms. The lowest BCUT2D eigenvalue weighted by atomic mass is 9.92. The van der Waals surface area contributed by atoms with Crippen molar-refractivity contribution in [2.24, 2.45) is 5.92 Å². The molecule has 184 valence electrons. The molecule has 1 unspecified atom stereocenters. The van der Waals surface area contributed by atoms with E-state index in [0.717, 1.165) is 23.0 Å². The van der Waals surface area contributed by atoms with Crippen LogP contribution in [0.1, 0.15) is 53.5 Å². The zero-order valence-electron chi connectivity index (χ0n) is 20.9. The van der Waals surface area contributed by atoms with Crippen LogP contribution in [-0.2, 0) is 11.2 Å². The molecular formula is C31H33N3O2. The van der Waals surface area contributed by atoms with Crippen molar-refractivity contribution in [1.82, 2.24) is 15.2 Å². The fraction of sp³-hybridized carbons (Fsp3) is 0.258. The predicted octanol–water partition coefficient (Wildman–Crippen LogP) is 5.80. The van der Waals surface area contributed by atoms with Crippen molar-refractivity contribution in [3.63, 3.8) is 0 Å². The molecule has 0 aliphatic carbocycles. The first kappa shape index (κ1) is 25.3. The highest BCUT2D eigenvalue weighted by molar-refractivity contribution is 5.99. The Hall–Kier alpha value is -3.83. The number of carbonyl (C=O) groups is 2. The molecule has 1 heterocycles. The van der Waals surface area contributed by atoms with Gasteiger partial charge in [-0.1, -0.05) is 80.6 Å². The minimum Gasteiger partial charge on any atom is -0.308 e. The highest BCUT2D eigenvalue weighted by atomic mass is 16.2. The van der Waals surface area contributed by atoms with Crippen LogP contribution in [-0.4, -0.2) is 35.3 Å². The number of hydrogen-bond acceptors (Lipinski definition) is 4. The first-order valence-electron chi connectivity index (χ1n) is 12.5. The number of aromatic nitrogens is 1. The number of imide groups is 1. The second kappa shape index (κ2) is 12.2. The second-order valence-corrected chi connectivity index (χ2v) is 9.39. The summed E-state index contributed by atoms with van der Waals surface area (Å²) in [6, 6.07) is 29.9. The van der Waals surface area contributed by atoms with Crippen molar-refractivity contribution >= 4 is 23.2 Å². The van der Waals surface area contributed by atoms with Gasteiger partial charge in [-0.15, -0.1) is 0 Å². The number of benzene rings is 3. The van der Waals surface area contributed by atoms with E-state index in [4.69, 9.17) is 4.98 Å². The monoisotopic (exact) mass is 479 g/mol. The molecule has 0 fully saturated rings. The van der Waals surface area contributed by atoms with Crippen LogP contribution in [0.15, 0.2) is 91.0 Å². The lowest BCUT2D eigenvalue weighted by Gasteiger charge is -2.25. The molecule has 4 aromatic rings. The van der Waals surface area contributed by atoms with E-state index >= 15 is 0 Å². The van der Waals surface area contributed by atoms with Gasteiger partial charge >= 0.3 is 0 Å². The van der Waals surface area contributed by atoms with E-state index < -0.39 is 0 Å². The van der Waals surface area contributed by atoms with E-state index in [1.165, 1.54) is 16.0 Å². The molecule has 1 atom stereocenters. The van der Waals surface area contributed by atoms with Crippen LogP contribution < -0.4 is 5.32 Å². The number of nitrogens with zero attached hydrogens (tertiary/aromatic N) is 2. The molecule has 0 spiro atoms. The van der Waals surface area contributed by atoms with Crippen molar-refractivity contribution in [3.8, 4) is 0 Å². The summed E-state index contributed by atoms with van der Waals surface area (Å²) >= 11 is 0. The Bertz CT molecular complexity index is 1290. The molecular weight excluding hydrogens is 446 g/mol. The summed E-state index contributed by atoms with van der Waals surface area (Å²) in [6.07, 6.45) is 2.09. The van der Waals surface area contributed by atoms with Crippen LogP contribution in [0.3, 0.4) is 0 Å². The molecule has 0 bridgehead atoms. The van der Waals surface area contributed by atoms with Gasteiger partial charge in [-0.3, -0.25) is 19.5 Å². The zero-order valence-corrected chi connectivity index (χ0v) is 20.9. The Morgan fingerprint density at radius 1 is 0.944 bits per heavy atom. The van der Waals surface area contributed by atoms with E-state index in [-0.39, 0.29) is 11.9 Å². The number of para-hydroxylation sites is 1. The van der Waals surface area contributed by atoms with Gasteiger partial charge < -0.3 is 5.32 Å². The Kier molecular flexibility index (Phi) is 8.58. The minimum atomic E-state index is -0.271. The fourth-order valence-electron chi connectivity index (χ4n) is 4.51. The van der Waals surface area contributed by atoms with Gasteiger partial charge in [-0.05, 0) is 60.7 Å². The van der Waals surface area contributed by atoms with E-state index in [9.17, 15) is 9.59 Å². The van der Waals surface area contributed by atoms with Crippen molar-refractivity contribution in [1.29, 1.82) is 0 Å². The molecule has 0 aliphatic rings. The maximum atomic E-state index is 12.6. The first-order chi connectivity index (χ1) is 17.6. The number of amides is 2. The molecule has 0 aliphatic heterocycles. The van der Waals surface area contributed by atoms with E-state index in [2.05, 4.69) is 61.6 Å². The van der Waals surface area contributed by atoms with Crippen molar-refractivity contribution in [2.75, 3.05) is 13.1 Å². The summed E-state index contributed by atoms with van der Waals surface area (Å²) in [5.41, 5.74) is 5.01. The molecule has 1 N–H and O–H groups in total. The maximum Gasteiger partial charge on any atom is 0.260 e. The standard InChI is InChI=1S/C31H33N3O2/c1-23(2)29(32-18-11-19-34(22-35)31(36)25-14-7-4-8-15-25)30-27(20-24-12-5-3-6-13-24)21-26-16-9-10-17-28(26)33-30/h3-10,12-17,21-23,29,32H,11,18-20H2,1-2H3. The largest absolute Gasteiger partial charge is 0.308 e. The third-order valence-electron chi connectivity index (χ3n) is 6.38. The highest BCUT2D eigenvalue weighted by Gasteiger charge is 2.22. The lowest BCUT2D eigenvalue weighted by Crippen LogP contribution is -2.34. The van der Waals surface area contributed by atoms with Crippen LogP contribution >= 0.6 is 0 Å². The molecule has 0 saturated heterocycles. The van der Waals surface area contributed by atoms with Crippen molar-refractivity contribution in [2.45, 2.75) is 32.7 Å². The molecule has 3 aromatic carbocycles. The van der Waals surface area contributed by atoms with Gasteiger partial charge in [0.25, 0.3) is 5.91 Å². The van der Waals surface area contributed by atoms with E-state index in [0.29, 0.717) is 37.4 Å². The predicted molar refractivity (Wildman–Crippen MR) is 145 cm³/mol. The molecule has 5 nitrogen and oxygen atoms in total. The average molecular weight is 480 g/mol. The number of rotatable bonds is 11. The van der Waals surface area contributed by atoms with Gasteiger partial charge in [-0.25, -0.2) is 0 Å². The Balaban J connectivity index is 1.50. The van der Waals surface area contributed by atoms with Crippen molar-refractivity contribution < 1.29 is 9.59 Å². The van der Waals surface area contributed by atoms with Gasteiger partial charge in [0.15, 0.2) is 0 Å². The summed E-state index contributed by atoms with van der Waals surface area (Å²) in [5, 5.41) is 4.80. The fourth-order valence-corrected chi connectivity index (χ4v) is 4.51. The third kappa shape index (κ3) is 6.23. The second-order valence-electron chi connectivity index (χ2n) is 9.39. The molecule has 0 radical (unpaired) electrons. The van der Waals surface area contributed by atoms with Gasteiger partial charge in [0.05, 0.1) is 17.3 Å². The molecule has 5 heteroatoms. The Labute approximate surface area is 213 Å². The lowest BCUT2D eigenvalue weighted by molar-refractivity contribution is -0.116. The maximum absolute atomic E-state index is 12.6. The Morgan fingerprint density at radius 2 is 1.61 bits per heavy atom. The summed E-state index contributed by atoms with van der Waals surface area (Å²) in [6.45, 7) is 5.40. The van der Waals surface area contributed by atoms with Gasteiger partial charge in [0, 0.05) is 17.5 Å². The molecule has 1 aromatic heterocycles. The quantitative estimate of drug-likeness (QED) is 0.218. The average Bonchev–Trinajstić information content (AvgIpc) is 2.91. The third-order valence-corrected chi connectivity index (χ3v) is 6.38. The zero-order chi connectivity index (χ0) is 25.3. The highest BCUT2D eigenvalue weighted by Crippen LogP contribution is 2.28. The van der Waals surface area contributed by atoms with Gasteiger partial charge in [0.1, 0.15) is 0 Å². The number of fused-ring (bicyclic) bond motifs is 1. The summed E-state index contributed by atoms with van der Waals surface area (Å²) in [5.74, 6) is 0.0358. The minimum absolute atomic E-state index is 0.0443. The van der Waals surface area contributed by atoms with Crippen LogP contribution in [0.2, 0.25) is 0 Å². The van der Waals surface area contributed by atoms with Crippen LogP contribution in [0.5, 0.6) is 0 Å². The number of hydrogen-bond donors (Lipinski definition) is 1. The van der Waals surface area contributed by atoms with Gasteiger partial charge in [-0.2, -0.15) is 0 Å². The summed E-state index contributed by atoms with van der Waals surface area (Å²) < 4.78 is 0. The summed E-state index contributed by atoms with van der Waals surface area (Å²) in [4.78, 5) is 30.6. The van der Waals surface area contributed by atoms with Gasteiger partial charge in [0.2, 0.25) is 6.41 Å². The molecule has 2 amide bonds. The molecule has 0 saturated carbocycles.